The summed E-state index contributed by atoms with van der Waals surface area (Å²) in [6.45, 7) is 3.27. The molecule has 0 bridgehead atoms. The molecule has 3 aliphatic rings. The van der Waals surface area contributed by atoms with Gasteiger partial charge in [-0.05, 0) is 43.4 Å². The van der Waals surface area contributed by atoms with Crippen molar-refractivity contribution < 1.29 is 19.1 Å². The summed E-state index contributed by atoms with van der Waals surface area (Å²) < 4.78 is 11.4. The summed E-state index contributed by atoms with van der Waals surface area (Å²) in [5, 5.41) is 1.50. The number of hydrogen-bond acceptors (Lipinski definition) is 5. The van der Waals surface area contributed by atoms with E-state index in [0.717, 1.165) is 44.5 Å². The number of nitrogens with zero attached hydrogens (tertiary/aromatic N) is 2. The van der Waals surface area contributed by atoms with E-state index in [1.165, 1.54) is 10.6 Å². The molecule has 1 amide bonds. The predicted octanol–water partition coefficient (Wildman–Crippen LogP) is 1.98. The number of carbonyl (C=O) groups excluding carboxylic acids is 1. The second-order valence-electron chi connectivity index (χ2n) is 7.04. The minimum Gasteiger partial charge on any atom is -0.497 e. The van der Waals surface area contributed by atoms with Gasteiger partial charge in [0.15, 0.2) is 0 Å². The first kappa shape index (κ1) is 16.8. The molecule has 1 aromatic carbocycles. The van der Waals surface area contributed by atoms with Gasteiger partial charge in [-0.2, -0.15) is 0 Å². The zero-order chi connectivity index (χ0) is 17.2. The minimum absolute atomic E-state index is 0.00422. The lowest BCUT2D eigenvalue weighted by molar-refractivity contribution is -0.189. The highest BCUT2D eigenvalue weighted by atomic mass is 16.7. The fourth-order valence-electron chi connectivity index (χ4n) is 4.14. The number of carbonyl (C=O) groups is 1. The van der Waals surface area contributed by atoms with Crippen LogP contribution in [0.5, 0.6) is 5.75 Å². The largest absolute Gasteiger partial charge is 0.497 e. The Hall–Kier alpha value is -1.63. The molecule has 3 aliphatic heterocycles. The van der Waals surface area contributed by atoms with Crippen molar-refractivity contribution in [3.8, 4) is 5.75 Å². The highest BCUT2D eigenvalue weighted by Crippen LogP contribution is 2.33. The minimum atomic E-state index is -0.333. The van der Waals surface area contributed by atoms with Crippen molar-refractivity contribution >= 4 is 5.91 Å². The molecule has 3 saturated heterocycles. The topological polar surface area (TPSA) is 51.2 Å². The molecule has 25 heavy (non-hydrogen) atoms. The third kappa shape index (κ3) is 3.52. The highest BCUT2D eigenvalue weighted by molar-refractivity contribution is 5.80. The van der Waals surface area contributed by atoms with Gasteiger partial charge in [0, 0.05) is 19.1 Å². The Morgan fingerprint density at radius 2 is 2.04 bits per heavy atom. The van der Waals surface area contributed by atoms with Gasteiger partial charge in [-0.1, -0.05) is 12.1 Å². The summed E-state index contributed by atoms with van der Waals surface area (Å²) in [5.74, 6) is 0.888. The van der Waals surface area contributed by atoms with Crippen LogP contribution < -0.4 is 4.74 Å². The molecule has 0 N–H and O–H groups in total. The molecule has 0 radical (unpaired) electrons. The molecule has 4 rings (SSSR count). The van der Waals surface area contributed by atoms with Crippen LogP contribution in [0.25, 0.3) is 0 Å². The molecule has 3 atom stereocenters. The number of fused-ring (bicyclic) bond motifs is 1. The molecule has 6 nitrogen and oxygen atoms in total. The molecule has 0 aliphatic carbocycles. The Balaban J connectivity index is 1.34. The number of methoxy groups -OCH3 is 1. The van der Waals surface area contributed by atoms with Crippen LogP contribution >= 0.6 is 0 Å². The summed E-state index contributed by atoms with van der Waals surface area (Å²) >= 11 is 0. The normalized spacial score (nSPS) is 29.6. The fraction of sp³-hybridized carbons (Fsp3) is 0.632. The standard InChI is InChI=1S/C19H26N2O4/c1-23-15-5-3-14(4-6-15)13-20-11-9-17-16(20)7-8-18(25-17)19(22)21-10-2-12-24-21/h3-6,16-18H,2,7-13H2,1H3/t16-,17-,18-/m0/s1. The van der Waals surface area contributed by atoms with Gasteiger partial charge in [0.1, 0.15) is 11.9 Å². The Kier molecular flexibility index (Phi) is 4.92. The molecule has 0 unspecified atom stereocenters. The number of likely N-dealkylation sites (tertiary alicyclic amines) is 1. The summed E-state index contributed by atoms with van der Waals surface area (Å²) in [7, 11) is 1.68. The molecular weight excluding hydrogens is 320 g/mol. The van der Waals surface area contributed by atoms with Crippen molar-refractivity contribution in [1.29, 1.82) is 0 Å². The molecule has 0 aromatic heterocycles. The van der Waals surface area contributed by atoms with Gasteiger partial charge < -0.3 is 9.47 Å². The van der Waals surface area contributed by atoms with E-state index < -0.39 is 0 Å². The van der Waals surface area contributed by atoms with Crippen molar-refractivity contribution in [2.24, 2.45) is 0 Å². The molecule has 136 valence electrons. The van der Waals surface area contributed by atoms with Crippen LogP contribution in [-0.4, -0.2) is 60.9 Å². The Bertz CT molecular complexity index is 600. The average Bonchev–Trinajstić information content (AvgIpc) is 3.32. The van der Waals surface area contributed by atoms with Gasteiger partial charge >= 0.3 is 0 Å². The van der Waals surface area contributed by atoms with E-state index in [-0.39, 0.29) is 18.1 Å². The zero-order valence-corrected chi connectivity index (χ0v) is 14.7. The van der Waals surface area contributed by atoms with Crippen LogP contribution in [0.15, 0.2) is 24.3 Å². The maximum atomic E-state index is 12.5. The molecular formula is C19H26N2O4. The van der Waals surface area contributed by atoms with Crippen molar-refractivity contribution in [2.75, 3.05) is 26.8 Å². The third-order valence-corrected chi connectivity index (χ3v) is 5.48. The van der Waals surface area contributed by atoms with Crippen LogP contribution in [0.2, 0.25) is 0 Å². The Labute approximate surface area is 148 Å². The molecule has 3 fully saturated rings. The highest BCUT2D eigenvalue weighted by Gasteiger charge is 2.43. The van der Waals surface area contributed by atoms with Crippen molar-refractivity contribution in [3.63, 3.8) is 0 Å². The molecule has 6 heteroatoms. The van der Waals surface area contributed by atoms with Gasteiger partial charge in [-0.15, -0.1) is 0 Å². The van der Waals surface area contributed by atoms with Crippen LogP contribution in [0.1, 0.15) is 31.2 Å². The van der Waals surface area contributed by atoms with Gasteiger partial charge in [-0.25, -0.2) is 5.06 Å². The fourth-order valence-corrected chi connectivity index (χ4v) is 4.14. The van der Waals surface area contributed by atoms with E-state index in [1.54, 1.807) is 7.11 Å². The van der Waals surface area contributed by atoms with Gasteiger partial charge in [0.05, 0.1) is 26.4 Å². The molecule has 3 heterocycles. The quantitative estimate of drug-likeness (QED) is 0.834. The van der Waals surface area contributed by atoms with E-state index in [9.17, 15) is 4.79 Å². The maximum absolute atomic E-state index is 12.5. The van der Waals surface area contributed by atoms with E-state index in [2.05, 4.69) is 17.0 Å². The third-order valence-electron chi connectivity index (χ3n) is 5.48. The number of hydroxylamine groups is 2. The Morgan fingerprint density at radius 1 is 1.20 bits per heavy atom. The average molecular weight is 346 g/mol. The van der Waals surface area contributed by atoms with Crippen molar-refractivity contribution in [3.05, 3.63) is 29.8 Å². The maximum Gasteiger partial charge on any atom is 0.275 e. The predicted molar refractivity (Wildman–Crippen MR) is 92.0 cm³/mol. The van der Waals surface area contributed by atoms with Crippen LogP contribution in [-0.2, 0) is 20.9 Å². The first-order valence-corrected chi connectivity index (χ1v) is 9.21. The van der Waals surface area contributed by atoms with Crippen LogP contribution in [0.4, 0.5) is 0 Å². The van der Waals surface area contributed by atoms with Crippen LogP contribution in [0.3, 0.4) is 0 Å². The van der Waals surface area contributed by atoms with Gasteiger partial charge in [0.2, 0.25) is 0 Å². The summed E-state index contributed by atoms with van der Waals surface area (Å²) in [6.07, 6.45) is 3.51. The van der Waals surface area contributed by atoms with Crippen molar-refractivity contribution in [1.82, 2.24) is 9.96 Å². The number of ether oxygens (including phenoxy) is 2. The lowest BCUT2D eigenvalue weighted by Crippen LogP contribution is -2.48. The van der Waals surface area contributed by atoms with Crippen molar-refractivity contribution in [2.45, 2.75) is 50.5 Å². The first-order valence-electron chi connectivity index (χ1n) is 9.21. The molecule has 1 aromatic rings. The van der Waals surface area contributed by atoms with Gasteiger partial charge in [-0.3, -0.25) is 14.5 Å². The van der Waals surface area contributed by atoms with Crippen LogP contribution in [0, 0.1) is 0 Å². The number of benzene rings is 1. The monoisotopic (exact) mass is 346 g/mol. The second-order valence-corrected chi connectivity index (χ2v) is 7.04. The zero-order valence-electron chi connectivity index (χ0n) is 14.7. The number of hydrogen-bond donors (Lipinski definition) is 0. The molecule has 0 saturated carbocycles. The van der Waals surface area contributed by atoms with E-state index in [0.29, 0.717) is 19.2 Å². The molecule has 0 spiro atoms. The lowest BCUT2D eigenvalue weighted by Gasteiger charge is -2.36. The van der Waals surface area contributed by atoms with Gasteiger partial charge in [0.25, 0.3) is 5.91 Å². The van der Waals surface area contributed by atoms with E-state index in [1.807, 2.05) is 12.1 Å². The van der Waals surface area contributed by atoms with E-state index >= 15 is 0 Å². The summed E-state index contributed by atoms with van der Waals surface area (Å²) in [4.78, 5) is 20.3. The smallest absolute Gasteiger partial charge is 0.275 e. The first-order chi connectivity index (χ1) is 12.2. The Morgan fingerprint density at radius 3 is 2.76 bits per heavy atom. The van der Waals surface area contributed by atoms with E-state index in [4.69, 9.17) is 14.3 Å². The summed E-state index contributed by atoms with van der Waals surface area (Å²) in [5.41, 5.74) is 1.28. The summed E-state index contributed by atoms with van der Waals surface area (Å²) in [6, 6.07) is 8.65. The number of amides is 1. The number of rotatable bonds is 4. The SMILES string of the molecule is COc1ccc(CN2CC[C@@H]3O[C@H](C(=O)N4CCCO4)CC[C@@H]32)cc1. The lowest BCUT2D eigenvalue weighted by atomic mass is 9.98. The second kappa shape index (κ2) is 7.32.